The van der Waals surface area contributed by atoms with Gasteiger partial charge in [-0.25, -0.2) is 0 Å². The first-order valence-corrected chi connectivity index (χ1v) is 4.64. The highest BCUT2D eigenvalue weighted by atomic mass is 32.8. The highest BCUT2D eigenvalue weighted by Gasteiger charge is 2.12. The molecule has 1 atom stereocenters. The molecule has 0 aromatic heterocycles. The fourth-order valence-electron chi connectivity index (χ4n) is 0.552. The molecule has 0 radical (unpaired) electrons. The Kier molecular flexibility index (Phi) is 1.54. The van der Waals surface area contributed by atoms with E-state index in [0.717, 1.165) is 12.2 Å². The van der Waals surface area contributed by atoms with Crippen molar-refractivity contribution in [3.05, 3.63) is 0 Å². The van der Waals surface area contributed by atoms with Crippen molar-refractivity contribution in [3.63, 3.8) is 0 Å². The predicted octanol–water partition coefficient (Wildman–Crippen LogP) is 0.0394. The molecule has 7 heavy (non-hydrogen) atoms. The minimum absolute atomic E-state index is 0.0309. The summed E-state index contributed by atoms with van der Waals surface area (Å²) in [6, 6.07) is 0. The standard InChI is InChI=1S/C4H6OS2/c5-4-1-2-7(6)3-4/h1-3H2. The van der Waals surface area contributed by atoms with Crippen LogP contribution in [0.4, 0.5) is 0 Å². The number of hydrogen-bond acceptors (Lipinski definition) is 2. The summed E-state index contributed by atoms with van der Waals surface area (Å²) in [5.41, 5.74) is 0. The molecule has 1 aliphatic heterocycles. The lowest BCUT2D eigenvalue weighted by molar-refractivity contribution is -0.115. The molecule has 0 spiro atoms. The van der Waals surface area contributed by atoms with Crippen LogP contribution in [-0.2, 0) is 25.4 Å². The van der Waals surface area contributed by atoms with Gasteiger partial charge in [0.1, 0.15) is 5.78 Å². The monoisotopic (exact) mass is 134 g/mol. The lowest BCUT2D eigenvalue weighted by atomic mass is 10.4. The zero-order valence-corrected chi connectivity index (χ0v) is 5.48. The van der Waals surface area contributed by atoms with E-state index >= 15 is 0 Å². The first-order valence-electron chi connectivity index (χ1n) is 2.16. The third-order valence-electron chi connectivity index (χ3n) is 0.931. The quantitative estimate of drug-likeness (QED) is 0.465. The van der Waals surface area contributed by atoms with Crippen LogP contribution < -0.4 is 0 Å². The van der Waals surface area contributed by atoms with Crippen molar-refractivity contribution < 1.29 is 4.79 Å². The number of ketones is 1. The first-order chi connectivity index (χ1) is 3.29. The van der Waals surface area contributed by atoms with Crippen molar-refractivity contribution in [1.29, 1.82) is 0 Å². The SMILES string of the molecule is O=C1CCS(=S)C1. The van der Waals surface area contributed by atoms with Crippen LogP contribution in [0.3, 0.4) is 0 Å². The van der Waals surface area contributed by atoms with Crippen molar-refractivity contribution >= 4 is 26.4 Å². The van der Waals surface area contributed by atoms with Gasteiger partial charge >= 0.3 is 0 Å². The van der Waals surface area contributed by atoms with Gasteiger partial charge in [-0.1, -0.05) is 11.2 Å². The summed E-state index contributed by atoms with van der Waals surface area (Å²) in [5, 5.41) is 0. The molecule has 0 aromatic carbocycles. The predicted molar refractivity (Wildman–Crippen MR) is 34.1 cm³/mol. The highest BCUT2D eigenvalue weighted by molar-refractivity contribution is 8.29. The van der Waals surface area contributed by atoms with Gasteiger partial charge in [0.2, 0.25) is 0 Å². The highest BCUT2D eigenvalue weighted by Crippen LogP contribution is 2.00. The molecule has 0 bridgehead atoms. The number of rotatable bonds is 0. The van der Waals surface area contributed by atoms with Gasteiger partial charge in [-0.05, 0) is 0 Å². The molecular weight excluding hydrogens is 128 g/mol. The maximum Gasteiger partial charge on any atom is 0.143 e. The maximum atomic E-state index is 10.4. The molecule has 0 aliphatic carbocycles. The Morgan fingerprint density at radius 3 is 2.57 bits per heavy atom. The van der Waals surface area contributed by atoms with Crippen molar-refractivity contribution in [1.82, 2.24) is 0 Å². The second-order valence-corrected chi connectivity index (χ2v) is 4.57. The minimum atomic E-state index is 0.0309. The van der Waals surface area contributed by atoms with Crippen molar-refractivity contribution in [2.45, 2.75) is 6.42 Å². The smallest absolute Gasteiger partial charge is 0.143 e. The molecule has 1 saturated heterocycles. The number of Topliss-reactive ketones (excluding diaryl/α,β-unsaturated/α-hetero) is 1. The average Bonchev–Trinajstić information content (AvgIpc) is 1.87. The number of hydrogen-bond donors (Lipinski definition) is 0. The Labute approximate surface area is 49.7 Å². The second kappa shape index (κ2) is 2.01. The zero-order valence-electron chi connectivity index (χ0n) is 3.85. The van der Waals surface area contributed by atoms with Crippen molar-refractivity contribution in [2.75, 3.05) is 11.5 Å². The molecule has 40 valence electrons. The maximum absolute atomic E-state index is 10.4. The van der Waals surface area contributed by atoms with Gasteiger partial charge < -0.3 is 0 Å². The summed E-state index contributed by atoms with van der Waals surface area (Å²) in [5.74, 6) is 2.00. The molecule has 0 amide bonds. The third-order valence-corrected chi connectivity index (χ3v) is 3.09. The van der Waals surface area contributed by atoms with E-state index in [1.54, 1.807) is 0 Å². The lowest BCUT2D eigenvalue weighted by Crippen LogP contribution is -1.93. The van der Waals surface area contributed by atoms with E-state index in [2.05, 4.69) is 0 Å². The van der Waals surface area contributed by atoms with Crippen LogP contribution in [-0.4, -0.2) is 17.3 Å². The van der Waals surface area contributed by atoms with E-state index in [0.29, 0.717) is 11.5 Å². The molecule has 1 unspecified atom stereocenters. The van der Waals surface area contributed by atoms with Gasteiger partial charge in [0, 0.05) is 12.2 Å². The average molecular weight is 134 g/mol. The molecule has 1 nitrogen and oxygen atoms in total. The van der Waals surface area contributed by atoms with Gasteiger partial charge in [0.25, 0.3) is 0 Å². The van der Waals surface area contributed by atoms with Crippen LogP contribution in [0.15, 0.2) is 0 Å². The fraction of sp³-hybridized carbons (Fsp3) is 0.750. The third kappa shape index (κ3) is 1.31. The minimum Gasteiger partial charge on any atom is -0.299 e. The van der Waals surface area contributed by atoms with E-state index in [9.17, 15) is 4.79 Å². The van der Waals surface area contributed by atoms with Gasteiger partial charge in [-0.2, -0.15) is 0 Å². The van der Waals surface area contributed by atoms with Crippen molar-refractivity contribution in [3.8, 4) is 0 Å². The van der Waals surface area contributed by atoms with Crippen LogP contribution in [0, 0.1) is 0 Å². The molecule has 0 saturated carbocycles. The Morgan fingerprint density at radius 2 is 2.43 bits per heavy atom. The van der Waals surface area contributed by atoms with Gasteiger partial charge in [0.15, 0.2) is 0 Å². The van der Waals surface area contributed by atoms with E-state index in [1.807, 2.05) is 0 Å². The largest absolute Gasteiger partial charge is 0.299 e. The Balaban J connectivity index is 2.55. The van der Waals surface area contributed by atoms with Gasteiger partial charge in [-0.15, -0.1) is 9.45 Å². The van der Waals surface area contributed by atoms with E-state index < -0.39 is 0 Å². The Hall–Kier alpha value is 0.240. The Morgan fingerprint density at radius 1 is 1.71 bits per heavy atom. The fourth-order valence-corrected chi connectivity index (χ4v) is 2.30. The summed E-state index contributed by atoms with van der Waals surface area (Å²) in [6.07, 6.45) is 0.743. The van der Waals surface area contributed by atoms with Crippen LogP contribution in [0.25, 0.3) is 0 Å². The molecular formula is C4H6OS2. The van der Waals surface area contributed by atoms with E-state index in [4.69, 9.17) is 11.2 Å². The molecule has 3 heteroatoms. The van der Waals surface area contributed by atoms with Gasteiger partial charge in [-0.3, -0.25) is 4.79 Å². The summed E-state index contributed by atoms with van der Waals surface area (Å²) in [4.78, 5) is 10.4. The first kappa shape index (κ1) is 5.38. The second-order valence-electron chi connectivity index (χ2n) is 1.58. The zero-order chi connectivity index (χ0) is 5.28. The summed E-state index contributed by atoms with van der Waals surface area (Å²) in [7, 11) is 0.0309. The van der Waals surface area contributed by atoms with Crippen LogP contribution in [0.2, 0.25) is 0 Å². The van der Waals surface area contributed by atoms with Crippen LogP contribution >= 0.6 is 0 Å². The normalized spacial score (nSPS) is 31.4. The number of carbonyl (C=O) groups excluding carboxylic acids is 1. The Bertz CT molecular complexity index is 105. The summed E-state index contributed by atoms with van der Waals surface area (Å²) >= 11 is 4.89. The molecule has 0 aromatic rings. The van der Waals surface area contributed by atoms with Crippen LogP contribution in [0.1, 0.15) is 6.42 Å². The molecule has 1 aliphatic rings. The molecule has 1 fully saturated rings. The molecule has 1 rings (SSSR count). The van der Waals surface area contributed by atoms with E-state index in [1.165, 1.54) is 0 Å². The number of carbonyl (C=O) groups is 1. The lowest BCUT2D eigenvalue weighted by Gasteiger charge is -1.79. The topological polar surface area (TPSA) is 17.1 Å². The van der Waals surface area contributed by atoms with Crippen molar-refractivity contribution in [2.24, 2.45) is 0 Å². The van der Waals surface area contributed by atoms with Gasteiger partial charge in [0.05, 0.1) is 5.75 Å². The molecule has 1 heterocycles. The summed E-state index contributed by atoms with van der Waals surface area (Å²) in [6.45, 7) is 0. The molecule has 0 N–H and O–H groups in total. The van der Waals surface area contributed by atoms with E-state index in [-0.39, 0.29) is 9.45 Å². The van der Waals surface area contributed by atoms with Crippen LogP contribution in [0.5, 0.6) is 0 Å². The summed E-state index contributed by atoms with van der Waals surface area (Å²) < 4.78 is 0.